The van der Waals surface area contributed by atoms with E-state index in [-0.39, 0.29) is 5.56 Å². The number of hydrogen-bond acceptors (Lipinski definition) is 6. The molecule has 1 aliphatic carbocycles. The van der Waals surface area contributed by atoms with Crippen LogP contribution in [0.5, 0.6) is 11.5 Å². The van der Waals surface area contributed by atoms with Gasteiger partial charge in [-0.3, -0.25) is 0 Å². The van der Waals surface area contributed by atoms with E-state index in [1.807, 2.05) is 0 Å². The largest absolute Gasteiger partial charge is 0.507 e. The highest BCUT2D eigenvalue weighted by Crippen LogP contribution is 2.42. The molecule has 16 heavy (non-hydrogen) atoms. The number of phenols is 2. The summed E-state index contributed by atoms with van der Waals surface area (Å²) < 4.78 is 0. The molecule has 0 aromatic heterocycles. The minimum absolute atomic E-state index is 0.207. The molecule has 1 aromatic rings. The number of aromatic hydroxyl groups is 2. The number of phenolic OH excluding ortho intramolecular Hbond substituents is 2. The van der Waals surface area contributed by atoms with Gasteiger partial charge in [0.05, 0.1) is 5.56 Å². The molecule has 0 saturated carbocycles. The Morgan fingerprint density at radius 2 is 1.19 bits per heavy atom. The highest BCUT2D eigenvalue weighted by atomic mass is 16.4. The number of rotatable bonds is 0. The molecule has 1 aromatic carbocycles. The third-order valence-corrected chi connectivity index (χ3v) is 2.32. The summed E-state index contributed by atoms with van der Waals surface area (Å²) in [6.45, 7) is 0. The number of benzene rings is 1. The van der Waals surface area contributed by atoms with Crippen LogP contribution in [0.15, 0.2) is 23.7 Å². The van der Waals surface area contributed by atoms with Crippen LogP contribution in [-0.4, -0.2) is 30.6 Å². The van der Waals surface area contributed by atoms with Gasteiger partial charge < -0.3 is 30.6 Å². The smallest absolute Gasteiger partial charge is 0.205 e. The number of aliphatic hydroxyl groups excluding tert-OH is 4. The molecule has 0 unspecified atom stereocenters. The maximum absolute atomic E-state index is 9.62. The molecule has 0 spiro atoms. The third kappa shape index (κ3) is 1.07. The lowest BCUT2D eigenvalue weighted by Crippen LogP contribution is -1.94. The van der Waals surface area contributed by atoms with Crippen LogP contribution < -0.4 is 0 Å². The molecular weight excluding hydrogens is 216 g/mol. The minimum Gasteiger partial charge on any atom is -0.507 e. The van der Waals surface area contributed by atoms with Gasteiger partial charge in [-0.15, -0.1) is 0 Å². The Hall–Kier alpha value is -2.50. The Morgan fingerprint density at radius 1 is 0.625 bits per heavy atom. The van der Waals surface area contributed by atoms with E-state index >= 15 is 0 Å². The zero-order chi connectivity index (χ0) is 12.0. The Kier molecular flexibility index (Phi) is 1.88. The Bertz CT molecular complexity index is 540. The van der Waals surface area contributed by atoms with Crippen molar-refractivity contribution in [3.8, 4) is 11.5 Å². The van der Waals surface area contributed by atoms with Crippen molar-refractivity contribution in [2.45, 2.75) is 0 Å². The first-order chi connectivity index (χ1) is 7.45. The fourth-order valence-electron chi connectivity index (χ4n) is 1.48. The van der Waals surface area contributed by atoms with Crippen molar-refractivity contribution in [1.29, 1.82) is 0 Å². The SMILES string of the molecule is OC1=C(O)c2ccc(O)c(c2O)C(O)=C1O. The molecule has 0 atom stereocenters. The lowest BCUT2D eigenvalue weighted by atomic mass is 10.1. The lowest BCUT2D eigenvalue weighted by Gasteiger charge is -2.07. The second-order valence-corrected chi connectivity index (χ2v) is 3.25. The third-order valence-electron chi connectivity index (χ3n) is 2.32. The minimum atomic E-state index is -1.02. The summed E-state index contributed by atoms with van der Waals surface area (Å²) in [6.07, 6.45) is 0. The first kappa shape index (κ1) is 10.0. The van der Waals surface area contributed by atoms with Crippen molar-refractivity contribution in [2.24, 2.45) is 0 Å². The van der Waals surface area contributed by atoms with Gasteiger partial charge in [-0.2, -0.15) is 0 Å². The van der Waals surface area contributed by atoms with Crippen LogP contribution in [0.25, 0.3) is 11.5 Å². The van der Waals surface area contributed by atoms with Gasteiger partial charge >= 0.3 is 0 Å². The molecule has 1 aliphatic rings. The average molecular weight is 224 g/mol. The van der Waals surface area contributed by atoms with Gasteiger partial charge in [0.15, 0.2) is 11.5 Å². The molecule has 0 saturated heterocycles. The van der Waals surface area contributed by atoms with Crippen LogP contribution in [0.4, 0.5) is 0 Å². The van der Waals surface area contributed by atoms with E-state index in [1.54, 1.807) is 0 Å². The summed E-state index contributed by atoms with van der Waals surface area (Å²) in [5.41, 5.74) is -0.661. The van der Waals surface area contributed by atoms with E-state index in [9.17, 15) is 30.6 Å². The molecule has 6 nitrogen and oxygen atoms in total. The normalized spacial score (nSPS) is 15.2. The summed E-state index contributed by atoms with van der Waals surface area (Å²) >= 11 is 0. The van der Waals surface area contributed by atoms with E-state index in [2.05, 4.69) is 0 Å². The summed E-state index contributed by atoms with van der Waals surface area (Å²) in [5, 5.41) is 56.6. The van der Waals surface area contributed by atoms with Crippen molar-refractivity contribution in [3.05, 3.63) is 34.8 Å². The topological polar surface area (TPSA) is 121 Å². The predicted octanol–water partition coefficient (Wildman–Crippen LogP) is 1.68. The highest BCUT2D eigenvalue weighted by Gasteiger charge is 2.28. The van der Waals surface area contributed by atoms with Crippen LogP contribution in [0, 0.1) is 0 Å². The first-order valence-corrected chi connectivity index (χ1v) is 4.25. The molecule has 2 rings (SSSR count). The van der Waals surface area contributed by atoms with Gasteiger partial charge in [0.1, 0.15) is 17.1 Å². The van der Waals surface area contributed by atoms with Crippen LogP contribution in [0.3, 0.4) is 0 Å². The average Bonchev–Trinajstić information content (AvgIpc) is 2.28. The van der Waals surface area contributed by atoms with Gasteiger partial charge in [-0.1, -0.05) is 0 Å². The molecule has 0 aliphatic heterocycles. The summed E-state index contributed by atoms with van der Waals surface area (Å²) in [7, 11) is 0. The summed E-state index contributed by atoms with van der Waals surface area (Å²) in [5.74, 6) is -4.84. The zero-order valence-electron chi connectivity index (χ0n) is 7.84. The molecule has 84 valence electrons. The van der Waals surface area contributed by atoms with Gasteiger partial charge in [0, 0.05) is 0 Å². The van der Waals surface area contributed by atoms with Crippen LogP contribution in [0.1, 0.15) is 11.1 Å². The standard InChI is InChI=1S/C10H8O6/c11-4-2-1-3-6(12)5(4)8(14)10(16)9(15)7(3)13/h1-2,11-16H. The molecular formula is C10H8O6. The van der Waals surface area contributed by atoms with Crippen molar-refractivity contribution in [1.82, 2.24) is 0 Å². The van der Waals surface area contributed by atoms with Gasteiger partial charge in [0.25, 0.3) is 0 Å². The molecule has 0 amide bonds. The van der Waals surface area contributed by atoms with E-state index in [0.29, 0.717) is 0 Å². The zero-order valence-corrected chi connectivity index (χ0v) is 7.84. The van der Waals surface area contributed by atoms with Crippen LogP contribution >= 0.6 is 0 Å². The quantitative estimate of drug-likeness (QED) is 0.398. The van der Waals surface area contributed by atoms with Crippen molar-refractivity contribution in [3.63, 3.8) is 0 Å². The first-order valence-electron chi connectivity index (χ1n) is 4.25. The molecule has 2 bridgehead atoms. The molecule has 0 heterocycles. The number of hydrogen-bond donors (Lipinski definition) is 6. The lowest BCUT2D eigenvalue weighted by molar-refractivity contribution is 0.303. The second-order valence-electron chi connectivity index (χ2n) is 3.25. The Balaban J connectivity index is 2.94. The van der Waals surface area contributed by atoms with Crippen LogP contribution in [-0.2, 0) is 0 Å². The predicted molar refractivity (Wildman–Crippen MR) is 54.1 cm³/mol. The highest BCUT2D eigenvalue weighted by molar-refractivity contribution is 5.84. The fraction of sp³-hybridized carbons (Fsp3) is 0. The Labute approximate surface area is 89.3 Å². The van der Waals surface area contributed by atoms with Crippen LogP contribution in [0.2, 0.25) is 0 Å². The number of fused-ring (bicyclic) bond motifs is 2. The maximum atomic E-state index is 9.62. The van der Waals surface area contributed by atoms with Crippen molar-refractivity contribution in [2.75, 3.05) is 0 Å². The molecule has 0 radical (unpaired) electrons. The number of aliphatic hydroxyl groups is 4. The summed E-state index contributed by atoms with van der Waals surface area (Å²) in [4.78, 5) is 0. The summed E-state index contributed by atoms with van der Waals surface area (Å²) in [6, 6.07) is 2.23. The van der Waals surface area contributed by atoms with Crippen molar-refractivity contribution < 1.29 is 30.6 Å². The monoisotopic (exact) mass is 224 g/mol. The Morgan fingerprint density at radius 3 is 1.81 bits per heavy atom. The second kappa shape index (κ2) is 2.99. The van der Waals surface area contributed by atoms with E-state index in [4.69, 9.17) is 0 Å². The molecule has 6 heteroatoms. The van der Waals surface area contributed by atoms with Gasteiger partial charge in [0.2, 0.25) is 11.5 Å². The molecule has 0 fully saturated rings. The van der Waals surface area contributed by atoms with Crippen molar-refractivity contribution >= 4 is 11.5 Å². The van der Waals surface area contributed by atoms with E-state index in [0.717, 1.165) is 12.1 Å². The molecule has 6 N–H and O–H groups in total. The fourth-order valence-corrected chi connectivity index (χ4v) is 1.48. The van der Waals surface area contributed by atoms with Gasteiger partial charge in [-0.05, 0) is 12.1 Å². The maximum Gasteiger partial charge on any atom is 0.205 e. The van der Waals surface area contributed by atoms with E-state index < -0.39 is 40.1 Å². The van der Waals surface area contributed by atoms with E-state index in [1.165, 1.54) is 0 Å². The van der Waals surface area contributed by atoms with Gasteiger partial charge in [-0.25, -0.2) is 0 Å².